The standard InChI is InChI=1S/C9H10N2OS/c1-8-9(5-7-12)4-2-3-6-10-13-11-8/h2-4,6-7H,5H2,1H3. The molecule has 0 fully saturated rings. The van der Waals surface area contributed by atoms with Gasteiger partial charge in [0.15, 0.2) is 0 Å². The van der Waals surface area contributed by atoms with E-state index in [1.54, 1.807) is 6.20 Å². The number of nitrogens with zero attached hydrogens (tertiary/aromatic N) is 2. The largest absolute Gasteiger partial charge is 0.303 e. The molecule has 0 radical (unpaired) electrons. The Hall–Kier alpha value is -1.29. The van der Waals surface area contributed by atoms with Crippen LogP contribution in [0.4, 0.5) is 0 Å². The highest BCUT2D eigenvalue weighted by Gasteiger charge is 1.93. The van der Waals surface area contributed by atoms with Crippen molar-refractivity contribution in [2.75, 3.05) is 0 Å². The summed E-state index contributed by atoms with van der Waals surface area (Å²) in [7, 11) is 0. The Morgan fingerprint density at radius 1 is 1.54 bits per heavy atom. The Bertz CT molecular complexity index is 334. The maximum Gasteiger partial charge on any atom is 0.124 e. The molecule has 3 nitrogen and oxygen atoms in total. The molecule has 1 aromatic heterocycles. The molecule has 0 saturated carbocycles. The summed E-state index contributed by atoms with van der Waals surface area (Å²) in [5, 5.41) is 0. The number of hydrogen-bond donors (Lipinski definition) is 0. The summed E-state index contributed by atoms with van der Waals surface area (Å²) in [4.78, 5) is 10.3. The summed E-state index contributed by atoms with van der Waals surface area (Å²) in [5.41, 5.74) is 1.78. The van der Waals surface area contributed by atoms with Crippen LogP contribution in [0.1, 0.15) is 11.3 Å². The van der Waals surface area contributed by atoms with Crippen LogP contribution in [-0.4, -0.2) is 15.0 Å². The van der Waals surface area contributed by atoms with Gasteiger partial charge < -0.3 is 4.79 Å². The second-order valence-corrected chi connectivity index (χ2v) is 3.02. The minimum atomic E-state index is 0.403. The predicted octanol–water partition coefficient (Wildman–Crippen LogP) is 1.71. The van der Waals surface area contributed by atoms with E-state index in [-0.39, 0.29) is 0 Å². The lowest BCUT2D eigenvalue weighted by Crippen LogP contribution is -1.88. The first-order valence-electron chi connectivity index (χ1n) is 3.88. The molecule has 0 amide bonds. The normalized spacial score (nSPS) is 9.00. The van der Waals surface area contributed by atoms with Crippen molar-refractivity contribution in [3.8, 4) is 0 Å². The Balaban J connectivity index is 3.20. The van der Waals surface area contributed by atoms with Crippen LogP contribution in [0.5, 0.6) is 0 Å². The summed E-state index contributed by atoms with van der Waals surface area (Å²) in [6.07, 6.45) is 2.95. The molecule has 1 heterocycles. The van der Waals surface area contributed by atoms with Crippen LogP contribution in [0, 0.1) is 6.92 Å². The Morgan fingerprint density at radius 3 is 3.15 bits per heavy atom. The highest BCUT2D eigenvalue weighted by atomic mass is 32.1. The molecule has 0 saturated heterocycles. The molecule has 13 heavy (non-hydrogen) atoms. The van der Waals surface area contributed by atoms with E-state index in [0.717, 1.165) is 29.3 Å². The van der Waals surface area contributed by atoms with Crippen LogP contribution < -0.4 is 0 Å². The van der Waals surface area contributed by atoms with Crippen molar-refractivity contribution in [2.24, 2.45) is 0 Å². The van der Waals surface area contributed by atoms with E-state index in [2.05, 4.69) is 8.75 Å². The number of rotatable bonds is 2. The lowest BCUT2D eigenvalue weighted by molar-refractivity contribution is -0.107. The third-order valence-electron chi connectivity index (χ3n) is 1.55. The van der Waals surface area contributed by atoms with Crippen molar-refractivity contribution in [2.45, 2.75) is 13.3 Å². The molecule has 0 aliphatic heterocycles. The molecule has 0 spiro atoms. The quantitative estimate of drug-likeness (QED) is 0.673. The molecule has 0 aliphatic rings. The van der Waals surface area contributed by atoms with E-state index in [9.17, 15) is 4.79 Å². The maximum absolute atomic E-state index is 10.3. The van der Waals surface area contributed by atoms with Crippen molar-refractivity contribution in [3.63, 3.8) is 0 Å². The first-order valence-corrected chi connectivity index (χ1v) is 4.61. The van der Waals surface area contributed by atoms with Crippen LogP contribution in [0.2, 0.25) is 0 Å². The van der Waals surface area contributed by atoms with E-state index in [4.69, 9.17) is 0 Å². The van der Waals surface area contributed by atoms with Gasteiger partial charge in [-0.05, 0) is 18.6 Å². The zero-order valence-corrected chi connectivity index (χ0v) is 8.12. The van der Waals surface area contributed by atoms with E-state index in [1.807, 2.05) is 25.1 Å². The van der Waals surface area contributed by atoms with Gasteiger partial charge >= 0.3 is 0 Å². The van der Waals surface area contributed by atoms with Gasteiger partial charge in [0, 0.05) is 12.6 Å². The molecule has 0 bridgehead atoms. The lowest BCUT2D eigenvalue weighted by Gasteiger charge is -1.92. The number of aromatic nitrogens is 2. The molecule has 0 N–H and O–H groups in total. The van der Waals surface area contributed by atoms with E-state index < -0.39 is 0 Å². The zero-order chi connectivity index (χ0) is 9.52. The molecule has 0 atom stereocenters. The average Bonchev–Trinajstić information content (AvgIpc) is 2.21. The molecule has 4 heteroatoms. The molecule has 0 unspecified atom stereocenters. The molecular weight excluding hydrogens is 184 g/mol. The lowest BCUT2D eigenvalue weighted by atomic mass is 10.2. The van der Waals surface area contributed by atoms with Gasteiger partial charge in [-0.25, -0.2) is 0 Å². The Labute approximate surface area is 81.1 Å². The van der Waals surface area contributed by atoms with Crippen LogP contribution in [0.25, 0.3) is 0 Å². The highest BCUT2D eigenvalue weighted by molar-refractivity contribution is 6.98. The second kappa shape index (κ2) is 5.37. The fourth-order valence-electron chi connectivity index (χ4n) is 0.853. The van der Waals surface area contributed by atoms with E-state index in [0.29, 0.717) is 6.42 Å². The summed E-state index contributed by atoms with van der Waals surface area (Å²) in [6.45, 7) is 1.87. The minimum Gasteiger partial charge on any atom is -0.303 e. The number of hydrogen-bond acceptors (Lipinski definition) is 4. The third kappa shape index (κ3) is 3.29. The number of carbonyl (C=O) groups is 1. The number of aryl methyl sites for hydroxylation is 1. The summed E-state index contributed by atoms with van der Waals surface area (Å²) in [6, 6.07) is 5.55. The summed E-state index contributed by atoms with van der Waals surface area (Å²) < 4.78 is 8.04. The van der Waals surface area contributed by atoms with E-state index in [1.165, 1.54) is 0 Å². The van der Waals surface area contributed by atoms with Gasteiger partial charge in [-0.3, -0.25) is 0 Å². The van der Waals surface area contributed by atoms with Gasteiger partial charge in [-0.1, -0.05) is 12.1 Å². The summed E-state index contributed by atoms with van der Waals surface area (Å²) in [5.74, 6) is 0. The number of carbonyl (C=O) groups excluding carboxylic acids is 1. The Morgan fingerprint density at radius 2 is 2.38 bits per heavy atom. The van der Waals surface area contributed by atoms with Gasteiger partial charge in [0.25, 0.3) is 0 Å². The van der Waals surface area contributed by atoms with Crippen molar-refractivity contribution in [1.82, 2.24) is 8.75 Å². The first-order chi connectivity index (χ1) is 6.34. The van der Waals surface area contributed by atoms with Gasteiger partial charge in [0.1, 0.15) is 6.29 Å². The van der Waals surface area contributed by atoms with Gasteiger partial charge in [-0.2, -0.15) is 8.75 Å². The third-order valence-corrected chi connectivity index (χ3v) is 2.12. The average molecular weight is 194 g/mol. The van der Waals surface area contributed by atoms with E-state index >= 15 is 0 Å². The minimum absolute atomic E-state index is 0.403. The molecule has 0 aliphatic carbocycles. The first kappa shape index (κ1) is 9.80. The monoisotopic (exact) mass is 194 g/mol. The SMILES string of the molecule is Cc1nsnccccc1CC=O. The fourth-order valence-corrected chi connectivity index (χ4v) is 1.26. The second-order valence-electron chi connectivity index (χ2n) is 2.46. The van der Waals surface area contributed by atoms with Crippen LogP contribution in [-0.2, 0) is 11.2 Å². The zero-order valence-electron chi connectivity index (χ0n) is 7.30. The smallest absolute Gasteiger partial charge is 0.124 e. The van der Waals surface area contributed by atoms with Crippen LogP contribution in [0.3, 0.4) is 0 Å². The Kier molecular flexibility index (Phi) is 4.05. The van der Waals surface area contributed by atoms with Crippen LogP contribution >= 0.6 is 11.7 Å². The molecule has 68 valence electrons. The molecule has 1 rings (SSSR count). The predicted molar refractivity (Wildman–Crippen MR) is 52.0 cm³/mol. The maximum atomic E-state index is 10.3. The molecular formula is C9H10N2OS. The fraction of sp³-hybridized carbons (Fsp3) is 0.222. The highest BCUT2D eigenvalue weighted by Crippen LogP contribution is 2.01. The topological polar surface area (TPSA) is 42.9 Å². The van der Waals surface area contributed by atoms with Crippen LogP contribution in [0.15, 0.2) is 24.4 Å². The van der Waals surface area contributed by atoms with Crippen molar-refractivity contribution < 1.29 is 4.79 Å². The van der Waals surface area contributed by atoms with Crippen molar-refractivity contribution in [3.05, 3.63) is 35.7 Å². The number of aldehydes is 1. The van der Waals surface area contributed by atoms with Gasteiger partial charge in [-0.15, -0.1) is 0 Å². The molecule has 0 aromatic carbocycles. The molecule has 1 aromatic rings. The summed E-state index contributed by atoms with van der Waals surface area (Å²) >= 11 is 1.13. The van der Waals surface area contributed by atoms with Gasteiger partial charge in [0.2, 0.25) is 0 Å². The van der Waals surface area contributed by atoms with Crippen molar-refractivity contribution >= 4 is 18.0 Å². The van der Waals surface area contributed by atoms with Gasteiger partial charge in [0.05, 0.1) is 17.4 Å². The van der Waals surface area contributed by atoms with Crippen molar-refractivity contribution in [1.29, 1.82) is 0 Å².